The van der Waals surface area contributed by atoms with Gasteiger partial charge in [-0.1, -0.05) is 5.16 Å². The zero-order valence-electron chi connectivity index (χ0n) is 10.3. The number of piperazine rings is 1. The van der Waals surface area contributed by atoms with Crippen molar-refractivity contribution in [2.75, 3.05) is 19.6 Å². The number of nitrogens with one attached hydrogen (secondary N) is 1. The first-order chi connectivity index (χ1) is 8.83. The van der Waals surface area contributed by atoms with E-state index in [1.54, 1.807) is 6.26 Å². The second-order valence-corrected chi connectivity index (χ2v) is 4.51. The van der Waals surface area contributed by atoms with E-state index in [0.717, 1.165) is 19.6 Å². The van der Waals surface area contributed by atoms with Crippen LogP contribution >= 0.6 is 0 Å². The van der Waals surface area contributed by atoms with Crippen molar-refractivity contribution in [3.05, 3.63) is 24.3 Å². The average molecular weight is 248 g/mol. The molecular weight excluding hydrogens is 232 g/mol. The zero-order valence-corrected chi connectivity index (χ0v) is 10.3. The van der Waals surface area contributed by atoms with Crippen LogP contribution in [0.4, 0.5) is 0 Å². The van der Waals surface area contributed by atoms with Crippen molar-refractivity contribution in [3.63, 3.8) is 0 Å². The van der Waals surface area contributed by atoms with Crippen molar-refractivity contribution in [2.45, 2.75) is 19.5 Å². The van der Waals surface area contributed by atoms with E-state index >= 15 is 0 Å². The molecule has 2 aromatic rings. The third-order valence-corrected chi connectivity index (χ3v) is 3.19. The van der Waals surface area contributed by atoms with Crippen molar-refractivity contribution in [1.82, 2.24) is 20.4 Å². The summed E-state index contributed by atoms with van der Waals surface area (Å²) in [6, 6.07) is 4.11. The highest BCUT2D eigenvalue weighted by Gasteiger charge is 2.21. The highest BCUT2D eigenvalue weighted by atomic mass is 16.5. The normalized spacial score (nSPS) is 21.3. The summed E-state index contributed by atoms with van der Waals surface area (Å²) in [7, 11) is 0. The van der Waals surface area contributed by atoms with Gasteiger partial charge in [0.2, 0.25) is 11.7 Å². The van der Waals surface area contributed by atoms with Crippen LogP contribution in [0.2, 0.25) is 0 Å². The van der Waals surface area contributed by atoms with E-state index < -0.39 is 0 Å². The van der Waals surface area contributed by atoms with Crippen LogP contribution in [0.5, 0.6) is 0 Å². The molecule has 0 radical (unpaired) electrons. The lowest BCUT2D eigenvalue weighted by molar-refractivity contribution is 0.146. The maximum atomic E-state index is 5.26. The Labute approximate surface area is 105 Å². The van der Waals surface area contributed by atoms with Crippen LogP contribution < -0.4 is 5.32 Å². The van der Waals surface area contributed by atoms with Gasteiger partial charge >= 0.3 is 0 Å². The summed E-state index contributed by atoms with van der Waals surface area (Å²) in [5.74, 6) is 1.78. The fraction of sp³-hybridized carbons (Fsp3) is 0.500. The summed E-state index contributed by atoms with van der Waals surface area (Å²) < 4.78 is 10.5. The molecule has 3 heterocycles. The molecule has 1 fully saturated rings. The quantitative estimate of drug-likeness (QED) is 0.878. The Kier molecular flexibility index (Phi) is 3.12. The summed E-state index contributed by atoms with van der Waals surface area (Å²) in [5.41, 5.74) is 0. The first-order valence-corrected chi connectivity index (χ1v) is 6.14. The van der Waals surface area contributed by atoms with E-state index in [9.17, 15) is 0 Å². The molecular formula is C12H16N4O2. The maximum absolute atomic E-state index is 5.26. The van der Waals surface area contributed by atoms with Crippen molar-refractivity contribution in [3.8, 4) is 11.6 Å². The maximum Gasteiger partial charge on any atom is 0.241 e. The molecule has 1 aliphatic rings. The first kappa shape index (κ1) is 11.4. The van der Waals surface area contributed by atoms with Crippen molar-refractivity contribution >= 4 is 0 Å². The highest BCUT2D eigenvalue weighted by Crippen LogP contribution is 2.17. The van der Waals surface area contributed by atoms with Gasteiger partial charge in [-0.15, -0.1) is 0 Å². The minimum atomic E-state index is 0.484. The van der Waals surface area contributed by atoms with Crippen LogP contribution in [-0.2, 0) is 6.54 Å². The van der Waals surface area contributed by atoms with Crippen LogP contribution in [-0.4, -0.2) is 40.7 Å². The molecule has 1 aliphatic heterocycles. The molecule has 1 saturated heterocycles. The molecule has 0 aromatic carbocycles. The summed E-state index contributed by atoms with van der Waals surface area (Å²) in [5, 5.41) is 7.28. The number of hydrogen-bond acceptors (Lipinski definition) is 6. The van der Waals surface area contributed by atoms with Gasteiger partial charge in [0.25, 0.3) is 0 Å². The molecule has 1 N–H and O–H groups in total. The fourth-order valence-electron chi connectivity index (χ4n) is 2.12. The molecule has 0 amide bonds. The third kappa shape index (κ3) is 2.30. The minimum absolute atomic E-state index is 0.484. The second kappa shape index (κ2) is 4.91. The van der Waals surface area contributed by atoms with Crippen molar-refractivity contribution in [1.29, 1.82) is 0 Å². The van der Waals surface area contributed by atoms with Gasteiger partial charge in [0.15, 0.2) is 5.76 Å². The van der Waals surface area contributed by atoms with Gasteiger partial charge in [0.05, 0.1) is 12.8 Å². The molecule has 96 valence electrons. The largest absolute Gasteiger partial charge is 0.461 e. The molecule has 1 atom stereocenters. The molecule has 0 saturated carbocycles. The zero-order chi connectivity index (χ0) is 12.4. The van der Waals surface area contributed by atoms with Crippen LogP contribution in [0.1, 0.15) is 12.8 Å². The minimum Gasteiger partial charge on any atom is -0.461 e. The van der Waals surface area contributed by atoms with Gasteiger partial charge in [0, 0.05) is 25.7 Å². The van der Waals surface area contributed by atoms with E-state index in [1.165, 1.54) is 0 Å². The van der Waals surface area contributed by atoms with Crippen LogP contribution in [0.25, 0.3) is 11.6 Å². The number of furan rings is 1. The Morgan fingerprint density at radius 3 is 3.28 bits per heavy atom. The van der Waals surface area contributed by atoms with Gasteiger partial charge in [-0.05, 0) is 19.1 Å². The lowest BCUT2D eigenvalue weighted by Crippen LogP contribution is -2.49. The highest BCUT2D eigenvalue weighted by molar-refractivity contribution is 5.44. The van der Waals surface area contributed by atoms with Gasteiger partial charge in [-0.2, -0.15) is 4.98 Å². The van der Waals surface area contributed by atoms with Crippen molar-refractivity contribution in [2.24, 2.45) is 0 Å². The van der Waals surface area contributed by atoms with Gasteiger partial charge < -0.3 is 14.3 Å². The summed E-state index contributed by atoms with van der Waals surface area (Å²) in [6.07, 6.45) is 1.60. The molecule has 18 heavy (non-hydrogen) atoms. The molecule has 2 aromatic heterocycles. The molecule has 3 rings (SSSR count). The van der Waals surface area contributed by atoms with E-state index in [0.29, 0.717) is 30.1 Å². The van der Waals surface area contributed by atoms with Crippen LogP contribution in [0.15, 0.2) is 27.3 Å². The molecule has 6 nitrogen and oxygen atoms in total. The summed E-state index contributed by atoms with van der Waals surface area (Å²) in [4.78, 5) is 6.68. The first-order valence-electron chi connectivity index (χ1n) is 6.14. The SMILES string of the molecule is CC1CNCCN1Cc1nc(-c2ccco2)no1. The fourth-order valence-corrected chi connectivity index (χ4v) is 2.12. The third-order valence-electron chi connectivity index (χ3n) is 3.19. The second-order valence-electron chi connectivity index (χ2n) is 4.51. The van der Waals surface area contributed by atoms with Crippen molar-refractivity contribution < 1.29 is 8.94 Å². The summed E-state index contributed by atoms with van der Waals surface area (Å²) >= 11 is 0. The smallest absolute Gasteiger partial charge is 0.241 e. The van der Waals surface area contributed by atoms with Crippen LogP contribution in [0, 0.1) is 0 Å². The lowest BCUT2D eigenvalue weighted by atomic mass is 10.2. The predicted molar refractivity (Wildman–Crippen MR) is 64.7 cm³/mol. The average Bonchev–Trinajstić information content (AvgIpc) is 3.02. The number of aromatic nitrogens is 2. The van der Waals surface area contributed by atoms with Gasteiger partial charge in [-0.25, -0.2) is 0 Å². The standard InChI is InChI=1S/C12H16N4O2/c1-9-7-13-4-5-16(9)8-11-14-12(15-18-11)10-3-2-6-17-10/h2-3,6,9,13H,4-5,7-8H2,1H3. The van der Waals surface area contributed by atoms with E-state index in [1.807, 2.05) is 12.1 Å². The topological polar surface area (TPSA) is 67.3 Å². The van der Waals surface area contributed by atoms with Crippen LogP contribution in [0.3, 0.4) is 0 Å². The number of rotatable bonds is 3. The number of nitrogens with zero attached hydrogens (tertiary/aromatic N) is 3. The van der Waals surface area contributed by atoms with E-state index in [4.69, 9.17) is 8.94 Å². The molecule has 0 spiro atoms. The Hall–Kier alpha value is -1.66. The molecule has 1 unspecified atom stereocenters. The van der Waals surface area contributed by atoms with E-state index in [2.05, 4.69) is 27.3 Å². The van der Waals surface area contributed by atoms with Gasteiger partial charge in [-0.3, -0.25) is 4.90 Å². The molecule has 0 aliphatic carbocycles. The molecule has 0 bridgehead atoms. The molecule has 6 heteroatoms. The Balaban J connectivity index is 1.70. The predicted octanol–water partition coefficient (Wildman–Crippen LogP) is 1.12. The Morgan fingerprint density at radius 1 is 1.56 bits per heavy atom. The lowest BCUT2D eigenvalue weighted by Gasteiger charge is -2.32. The number of hydrogen-bond donors (Lipinski definition) is 1. The Morgan fingerprint density at radius 2 is 2.50 bits per heavy atom. The Bertz CT molecular complexity index is 494. The summed E-state index contributed by atoms with van der Waals surface area (Å²) in [6.45, 7) is 5.88. The monoisotopic (exact) mass is 248 g/mol. The van der Waals surface area contributed by atoms with E-state index in [-0.39, 0.29) is 0 Å². The van der Waals surface area contributed by atoms with Gasteiger partial charge in [0.1, 0.15) is 0 Å².